The number of para-hydroxylation sites is 1. The van der Waals surface area contributed by atoms with Gasteiger partial charge >= 0.3 is 0 Å². The molecule has 6 nitrogen and oxygen atoms in total. The molecular weight excluding hydrogens is 446 g/mol. The van der Waals surface area contributed by atoms with Crippen molar-refractivity contribution in [2.45, 2.75) is 19.8 Å². The first-order valence-corrected chi connectivity index (χ1v) is 10.0. The van der Waals surface area contributed by atoms with Crippen molar-refractivity contribution in [3.63, 3.8) is 0 Å². The van der Waals surface area contributed by atoms with Crippen molar-refractivity contribution in [2.24, 2.45) is 5.92 Å². The summed E-state index contributed by atoms with van der Waals surface area (Å²) in [5.74, 6) is -1.03. The lowest BCUT2D eigenvalue weighted by Crippen LogP contribution is -2.28. The number of nitrogens with one attached hydrogen (secondary N) is 2. The minimum Gasteiger partial charge on any atom is -0.326 e. The second-order valence-corrected chi connectivity index (χ2v) is 7.70. The number of carbonyl (C=O) groups is 3. The Hall–Kier alpha value is -2.38. The highest BCUT2D eigenvalue weighted by Crippen LogP contribution is 2.32. The second-order valence-electron chi connectivity index (χ2n) is 6.44. The van der Waals surface area contributed by atoms with Gasteiger partial charge in [-0.05, 0) is 46.3 Å². The van der Waals surface area contributed by atoms with Crippen LogP contribution in [0.1, 0.15) is 19.8 Å². The second kappa shape index (κ2) is 8.75. The molecule has 0 aliphatic carbocycles. The van der Waals surface area contributed by atoms with Crippen LogP contribution >= 0.6 is 27.5 Å². The molecule has 1 saturated heterocycles. The van der Waals surface area contributed by atoms with Crippen molar-refractivity contribution in [1.82, 2.24) is 0 Å². The Balaban J connectivity index is 1.72. The highest BCUT2D eigenvalue weighted by molar-refractivity contribution is 9.10. The summed E-state index contributed by atoms with van der Waals surface area (Å²) in [4.78, 5) is 38.3. The molecule has 146 valence electrons. The highest BCUT2D eigenvalue weighted by atomic mass is 79.9. The van der Waals surface area contributed by atoms with Gasteiger partial charge in [-0.3, -0.25) is 14.4 Å². The lowest BCUT2D eigenvalue weighted by molar-refractivity contribution is -0.122. The van der Waals surface area contributed by atoms with Crippen LogP contribution in [0, 0.1) is 5.92 Å². The Morgan fingerprint density at radius 3 is 2.68 bits per heavy atom. The number of carbonyl (C=O) groups excluding carboxylic acids is 3. The van der Waals surface area contributed by atoms with E-state index in [9.17, 15) is 14.4 Å². The van der Waals surface area contributed by atoms with Crippen molar-refractivity contribution in [3.8, 4) is 0 Å². The minimum atomic E-state index is -0.496. The molecule has 0 saturated carbocycles. The maximum atomic E-state index is 12.7. The molecule has 1 fully saturated rings. The van der Waals surface area contributed by atoms with E-state index < -0.39 is 5.92 Å². The third-order valence-corrected chi connectivity index (χ3v) is 5.47. The van der Waals surface area contributed by atoms with Gasteiger partial charge in [0.2, 0.25) is 17.7 Å². The number of anilines is 3. The van der Waals surface area contributed by atoms with Crippen LogP contribution in [0.25, 0.3) is 0 Å². The summed E-state index contributed by atoms with van der Waals surface area (Å²) in [6.45, 7) is 2.04. The fraction of sp³-hybridized carbons (Fsp3) is 0.250. The fourth-order valence-corrected chi connectivity index (χ4v) is 3.63. The molecule has 2 N–H and O–H groups in total. The number of amides is 3. The van der Waals surface area contributed by atoms with Crippen LogP contribution in [0.4, 0.5) is 17.1 Å². The van der Waals surface area contributed by atoms with Crippen molar-refractivity contribution < 1.29 is 14.4 Å². The molecule has 0 bridgehead atoms. The third-order valence-electron chi connectivity index (χ3n) is 4.47. The van der Waals surface area contributed by atoms with Crippen LogP contribution < -0.4 is 15.5 Å². The van der Waals surface area contributed by atoms with E-state index in [-0.39, 0.29) is 30.7 Å². The summed E-state index contributed by atoms with van der Waals surface area (Å²) < 4.78 is 0.798. The van der Waals surface area contributed by atoms with E-state index in [2.05, 4.69) is 26.6 Å². The molecular formula is C20H19BrClN3O3. The number of hydrogen-bond donors (Lipinski definition) is 2. The molecule has 1 heterocycles. The monoisotopic (exact) mass is 463 g/mol. The van der Waals surface area contributed by atoms with Crippen LogP contribution in [0.15, 0.2) is 46.9 Å². The zero-order valence-corrected chi connectivity index (χ0v) is 17.5. The molecule has 1 atom stereocenters. The summed E-state index contributed by atoms with van der Waals surface area (Å²) in [5, 5.41) is 5.86. The van der Waals surface area contributed by atoms with Gasteiger partial charge in [-0.1, -0.05) is 30.7 Å². The predicted octanol–water partition coefficient (Wildman–Crippen LogP) is 4.44. The van der Waals surface area contributed by atoms with Crippen molar-refractivity contribution in [3.05, 3.63) is 52.0 Å². The van der Waals surface area contributed by atoms with Gasteiger partial charge in [0.15, 0.2) is 0 Å². The quantitative estimate of drug-likeness (QED) is 0.686. The standard InChI is InChI=1S/C20H19BrClN3O3/c1-2-18(26)23-13-7-8-15(22)16(10-13)24-20(28)12-9-19(27)25(11-12)17-6-4-3-5-14(17)21/h3-8,10,12H,2,9,11H2,1H3,(H,23,26)(H,24,28). The molecule has 1 unspecified atom stereocenters. The molecule has 0 spiro atoms. The van der Waals surface area contributed by atoms with Gasteiger partial charge in [-0.2, -0.15) is 0 Å². The Morgan fingerprint density at radius 1 is 1.21 bits per heavy atom. The van der Waals surface area contributed by atoms with E-state index in [1.54, 1.807) is 30.0 Å². The Kier molecular flexibility index (Phi) is 6.36. The number of nitrogens with zero attached hydrogens (tertiary/aromatic N) is 1. The van der Waals surface area contributed by atoms with Gasteiger partial charge in [0.1, 0.15) is 0 Å². The topological polar surface area (TPSA) is 78.5 Å². The molecule has 1 aliphatic rings. The van der Waals surface area contributed by atoms with Crippen molar-refractivity contribution in [2.75, 3.05) is 22.1 Å². The molecule has 3 rings (SSSR count). The van der Waals surface area contributed by atoms with Gasteiger partial charge in [-0.25, -0.2) is 0 Å². The van der Waals surface area contributed by atoms with Crippen molar-refractivity contribution in [1.29, 1.82) is 0 Å². The van der Waals surface area contributed by atoms with Crippen LogP contribution in [0.3, 0.4) is 0 Å². The molecule has 0 aromatic heterocycles. The summed E-state index contributed by atoms with van der Waals surface area (Å²) >= 11 is 9.62. The van der Waals surface area contributed by atoms with Gasteiger partial charge in [0.25, 0.3) is 0 Å². The average molecular weight is 465 g/mol. The largest absolute Gasteiger partial charge is 0.326 e. The molecule has 2 aromatic rings. The first-order valence-electron chi connectivity index (χ1n) is 8.84. The van der Waals surface area contributed by atoms with Gasteiger partial charge in [0.05, 0.1) is 22.3 Å². The average Bonchev–Trinajstić information content (AvgIpc) is 3.06. The van der Waals surface area contributed by atoms with E-state index in [1.165, 1.54) is 0 Å². The summed E-state index contributed by atoms with van der Waals surface area (Å²) in [7, 11) is 0. The molecule has 28 heavy (non-hydrogen) atoms. The highest BCUT2D eigenvalue weighted by Gasteiger charge is 2.36. The van der Waals surface area contributed by atoms with E-state index in [0.29, 0.717) is 22.8 Å². The molecule has 1 aliphatic heterocycles. The van der Waals surface area contributed by atoms with Crippen molar-refractivity contribution >= 4 is 62.3 Å². The summed E-state index contributed by atoms with van der Waals surface area (Å²) in [6, 6.07) is 12.3. The lowest BCUT2D eigenvalue weighted by atomic mass is 10.1. The first-order chi connectivity index (χ1) is 13.4. The van der Waals surface area contributed by atoms with Crippen LogP contribution in [-0.4, -0.2) is 24.3 Å². The van der Waals surface area contributed by atoms with Crippen LogP contribution in [0.2, 0.25) is 5.02 Å². The van der Waals surface area contributed by atoms with Gasteiger partial charge in [-0.15, -0.1) is 0 Å². The number of benzene rings is 2. The van der Waals surface area contributed by atoms with E-state index >= 15 is 0 Å². The number of rotatable bonds is 5. The van der Waals surface area contributed by atoms with E-state index in [0.717, 1.165) is 10.2 Å². The Bertz CT molecular complexity index is 935. The normalized spacial score (nSPS) is 16.2. The number of halogens is 2. The van der Waals surface area contributed by atoms with Crippen LogP contribution in [-0.2, 0) is 14.4 Å². The zero-order valence-electron chi connectivity index (χ0n) is 15.2. The maximum absolute atomic E-state index is 12.7. The summed E-state index contributed by atoms with van der Waals surface area (Å²) in [6.07, 6.45) is 0.469. The van der Waals surface area contributed by atoms with Gasteiger partial charge in [0, 0.05) is 29.5 Å². The molecule has 8 heteroatoms. The van der Waals surface area contributed by atoms with E-state index in [4.69, 9.17) is 11.6 Å². The number of hydrogen-bond acceptors (Lipinski definition) is 3. The van der Waals surface area contributed by atoms with Crippen LogP contribution in [0.5, 0.6) is 0 Å². The minimum absolute atomic E-state index is 0.109. The zero-order chi connectivity index (χ0) is 20.3. The maximum Gasteiger partial charge on any atom is 0.229 e. The molecule has 3 amide bonds. The Labute approximate surface area is 176 Å². The molecule has 2 aromatic carbocycles. The third kappa shape index (κ3) is 4.54. The first kappa shape index (κ1) is 20.4. The Morgan fingerprint density at radius 2 is 1.96 bits per heavy atom. The fourth-order valence-electron chi connectivity index (χ4n) is 2.97. The van der Waals surface area contributed by atoms with Gasteiger partial charge < -0.3 is 15.5 Å². The SMILES string of the molecule is CCC(=O)Nc1ccc(Cl)c(NC(=O)C2CC(=O)N(c3ccccc3Br)C2)c1. The molecule has 0 radical (unpaired) electrons. The predicted molar refractivity (Wildman–Crippen MR) is 114 cm³/mol. The summed E-state index contributed by atoms with van der Waals surface area (Å²) in [5.41, 5.74) is 1.68. The lowest BCUT2D eigenvalue weighted by Gasteiger charge is -2.18. The van der Waals surface area contributed by atoms with E-state index in [1.807, 2.05) is 24.3 Å². The smallest absolute Gasteiger partial charge is 0.229 e.